The van der Waals surface area contributed by atoms with Crippen molar-refractivity contribution in [2.75, 3.05) is 0 Å². The van der Waals surface area contributed by atoms with Crippen molar-refractivity contribution < 1.29 is 8.78 Å². The van der Waals surface area contributed by atoms with Gasteiger partial charge in [-0.05, 0) is 28.1 Å². The lowest BCUT2D eigenvalue weighted by Gasteiger charge is -2.10. The number of nitrogens with zero attached hydrogens (tertiary/aromatic N) is 4. The van der Waals surface area contributed by atoms with Crippen molar-refractivity contribution in [2.45, 2.75) is 12.8 Å². The summed E-state index contributed by atoms with van der Waals surface area (Å²) in [5, 5.41) is 7.06. The molecule has 0 amide bonds. The van der Waals surface area contributed by atoms with Crippen molar-refractivity contribution in [2.24, 2.45) is 0 Å². The highest BCUT2D eigenvalue weighted by atomic mass is 79.9. The van der Waals surface area contributed by atoms with Gasteiger partial charge >= 0.3 is 0 Å². The Morgan fingerprint density at radius 1 is 1.31 bits per heavy atom. The van der Waals surface area contributed by atoms with Crippen LogP contribution in [-0.4, -0.2) is 20.0 Å². The van der Waals surface area contributed by atoms with Gasteiger partial charge in [-0.3, -0.25) is 0 Å². The Labute approximate surface area is 98.4 Å². The quantitative estimate of drug-likeness (QED) is 0.853. The number of hydrogen-bond acceptors (Lipinski definition) is 3. The molecule has 0 saturated carbocycles. The third-order valence-corrected chi connectivity index (χ3v) is 2.40. The van der Waals surface area contributed by atoms with E-state index in [0.717, 1.165) is 22.3 Å². The molecular formula is C9H7BrF2N4. The summed E-state index contributed by atoms with van der Waals surface area (Å²) in [6.07, 6.45) is 2.54. The van der Waals surface area contributed by atoms with Crippen LogP contribution in [0.25, 0.3) is 5.82 Å². The molecule has 16 heavy (non-hydrogen) atoms. The van der Waals surface area contributed by atoms with E-state index in [1.54, 1.807) is 12.1 Å². The Morgan fingerprint density at radius 2 is 2.06 bits per heavy atom. The Hall–Kier alpha value is -1.37. The lowest BCUT2D eigenvalue weighted by atomic mass is 10.3. The normalized spacial score (nSPS) is 11.8. The van der Waals surface area contributed by atoms with Crippen molar-refractivity contribution in [3.8, 4) is 5.82 Å². The van der Waals surface area contributed by atoms with Gasteiger partial charge in [0.1, 0.15) is 5.69 Å². The predicted molar refractivity (Wildman–Crippen MR) is 56.4 cm³/mol. The molecule has 0 aliphatic rings. The van der Waals surface area contributed by atoms with Crippen LogP contribution >= 0.6 is 15.9 Å². The second-order valence-electron chi connectivity index (χ2n) is 3.25. The van der Waals surface area contributed by atoms with E-state index in [0.29, 0.717) is 5.82 Å². The lowest BCUT2D eigenvalue weighted by Crippen LogP contribution is -2.15. The van der Waals surface area contributed by atoms with Crippen molar-refractivity contribution in [3.05, 3.63) is 34.7 Å². The summed E-state index contributed by atoms with van der Waals surface area (Å²) in [5.74, 6) is -2.70. The molecule has 7 heteroatoms. The second kappa shape index (κ2) is 3.89. The molecule has 0 bridgehead atoms. The minimum atomic E-state index is -3.00. The monoisotopic (exact) mass is 288 g/mol. The second-order valence-corrected chi connectivity index (χ2v) is 4.17. The molecule has 2 heterocycles. The zero-order chi connectivity index (χ0) is 11.8. The summed E-state index contributed by atoms with van der Waals surface area (Å²) >= 11 is 3.21. The molecule has 0 unspecified atom stereocenters. The van der Waals surface area contributed by atoms with E-state index >= 15 is 0 Å². The minimum Gasteiger partial charge on any atom is -0.236 e. The van der Waals surface area contributed by atoms with Crippen LogP contribution in [0.4, 0.5) is 8.78 Å². The maximum absolute atomic E-state index is 13.2. The van der Waals surface area contributed by atoms with Crippen molar-refractivity contribution in [1.29, 1.82) is 0 Å². The maximum Gasteiger partial charge on any atom is 0.288 e. The third kappa shape index (κ3) is 2.08. The molecule has 0 fully saturated rings. The molecule has 0 aliphatic carbocycles. The van der Waals surface area contributed by atoms with Crippen LogP contribution in [0, 0.1) is 0 Å². The van der Waals surface area contributed by atoms with Crippen molar-refractivity contribution >= 4 is 15.9 Å². The van der Waals surface area contributed by atoms with Crippen LogP contribution in [0.15, 0.2) is 29.0 Å². The smallest absolute Gasteiger partial charge is 0.236 e. The third-order valence-electron chi connectivity index (χ3n) is 1.93. The fourth-order valence-corrected chi connectivity index (χ4v) is 1.43. The van der Waals surface area contributed by atoms with Gasteiger partial charge in [-0.2, -0.15) is 13.5 Å². The molecule has 0 atom stereocenters. The number of rotatable bonds is 2. The molecule has 2 aromatic heterocycles. The molecule has 0 aromatic carbocycles. The largest absolute Gasteiger partial charge is 0.288 e. The molecule has 0 N–H and O–H groups in total. The van der Waals surface area contributed by atoms with Crippen LogP contribution < -0.4 is 0 Å². The summed E-state index contributed by atoms with van der Waals surface area (Å²) in [4.78, 5) is 3.98. The summed E-state index contributed by atoms with van der Waals surface area (Å²) in [6, 6.07) is 3.27. The van der Waals surface area contributed by atoms with E-state index in [1.165, 1.54) is 6.20 Å². The highest BCUT2D eigenvalue weighted by molar-refractivity contribution is 9.10. The number of alkyl halides is 2. The average Bonchev–Trinajstić information content (AvgIpc) is 2.66. The van der Waals surface area contributed by atoms with Gasteiger partial charge in [0.15, 0.2) is 5.82 Å². The van der Waals surface area contributed by atoms with Crippen molar-refractivity contribution in [1.82, 2.24) is 20.0 Å². The molecular weight excluding hydrogens is 282 g/mol. The van der Waals surface area contributed by atoms with Crippen molar-refractivity contribution in [3.63, 3.8) is 0 Å². The molecule has 2 aromatic rings. The van der Waals surface area contributed by atoms with Gasteiger partial charge < -0.3 is 0 Å². The van der Waals surface area contributed by atoms with Crippen LogP contribution in [-0.2, 0) is 5.92 Å². The Morgan fingerprint density at radius 3 is 2.62 bits per heavy atom. The fourth-order valence-electron chi connectivity index (χ4n) is 1.20. The highest BCUT2D eigenvalue weighted by Crippen LogP contribution is 2.27. The van der Waals surface area contributed by atoms with E-state index in [2.05, 4.69) is 31.2 Å². The molecule has 0 aliphatic heterocycles. The Kier molecular flexibility index (Phi) is 2.71. The molecule has 0 spiro atoms. The van der Waals surface area contributed by atoms with Crippen LogP contribution in [0.5, 0.6) is 0 Å². The van der Waals surface area contributed by atoms with Gasteiger partial charge in [0.25, 0.3) is 5.92 Å². The SMILES string of the molecule is CC(F)(F)c1cnnn1-c1ccc(Br)cn1. The van der Waals surface area contributed by atoms with Gasteiger partial charge in [0.2, 0.25) is 0 Å². The summed E-state index contributed by atoms with van der Waals surface area (Å²) in [5.41, 5.74) is -0.290. The Balaban J connectivity index is 2.49. The standard InChI is InChI=1S/C9H7BrF2N4/c1-9(11,12)7-5-14-15-16(7)8-3-2-6(10)4-13-8/h2-5H,1H3. The first-order chi connectivity index (χ1) is 7.48. The summed E-state index contributed by atoms with van der Waals surface area (Å²) in [6.45, 7) is 0.793. The molecule has 0 radical (unpaired) electrons. The van der Waals surface area contributed by atoms with E-state index in [4.69, 9.17) is 0 Å². The predicted octanol–water partition coefficient (Wildman–Crippen LogP) is 2.54. The summed E-state index contributed by atoms with van der Waals surface area (Å²) < 4.78 is 28.1. The Bertz CT molecular complexity index is 489. The van der Waals surface area contributed by atoms with Crippen LogP contribution in [0.1, 0.15) is 12.6 Å². The van der Waals surface area contributed by atoms with E-state index in [1.807, 2.05) is 0 Å². The van der Waals surface area contributed by atoms with Gasteiger partial charge in [-0.1, -0.05) is 5.21 Å². The zero-order valence-electron chi connectivity index (χ0n) is 8.23. The molecule has 0 saturated heterocycles. The topological polar surface area (TPSA) is 43.6 Å². The number of pyridine rings is 1. The van der Waals surface area contributed by atoms with Gasteiger partial charge in [-0.25, -0.2) is 4.98 Å². The first-order valence-electron chi connectivity index (χ1n) is 4.39. The maximum atomic E-state index is 13.2. The molecule has 84 valence electrons. The first-order valence-corrected chi connectivity index (χ1v) is 5.19. The highest BCUT2D eigenvalue weighted by Gasteiger charge is 2.30. The van der Waals surface area contributed by atoms with Crippen LogP contribution in [0.2, 0.25) is 0 Å². The van der Waals surface area contributed by atoms with Gasteiger partial charge in [-0.15, -0.1) is 5.10 Å². The minimum absolute atomic E-state index is 0.290. The lowest BCUT2D eigenvalue weighted by molar-refractivity contribution is 0.0101. The number of hydrogen-bond donors (Lipinski definition) is 0. The first kappa shape index (κ1) is 11.1. The van der Waals surface area contributed by atoms with E-state index in [9.17, 15) is 8.78 Å². The van der Waals surface area contributed by atoms with Gasteiger partial charge in [0, 0.05) is 17.6 Å². The number of aromatic nitrogens is 4. The average molecular weight is 289 g/mol. The summed E-state index contributed by atoms with van der Waals surface area (Å²) in [7, 11) is 0. The van der Waals surface area contributed by atoms with E-state index < -0.39 is 5.92 Å². The van der Waals surface area contributed by atoms with Crippen LogP contribution in [0.3, 0.4) is 0 Å². The molecule has 4 nitrogen and oxygen atoms in total. The zero-order valence-corrected chi connectivity index (χ0v) is 9.82. The number of halogens is 3. The van der Waals surface area contributed by atoms with E-state index in [-0.39, 0.29) is 5.69 Å². The molecule has 2 rings (SSSR count). The van der Waals surface area contributed by atoms with Gasteiger partial charge in [0.05, 0.1) is 6.20 Å². The fraction of sp³-hybridized carbons (Fsp3) is 0.222.